The summed E-state index contributed by atoms with van der Waals surface area (Å²) in [6.07, 6.45) is 2.50. The minimum Gasteiger partial charge on any atom is -0.366 e. The van der Waals surface area contributed by atoms with Gasteiger partial charge in [-0.3, -0.25) is 14.3 Å². The molecule has 112 valence electrons. The topological polar surface area (TPSA) is 110 Å². The van der Waals surface area contributed by atoms with E-state index >= 15 is 0 Å². The Labute approximate surface area is 131 Å². The van der Waals surface area contributed by atoms with Crippen molar-refractivity contribution in [1.29, 1.82) is 0 Å². The fraction of sp³-hybridized carbons (Fsp3) is 0. The van der Waals surface area contributed by atoms with Crippen molar-refractivity contribution in [3.05, 3.63) is 58.3 Å². The van der Waals surface area contributed by atoms with Gasteiger partial charge in [0.05, 0.1) is 10.6 Å². The van der Waals surface area contributed by atoms with E-state index in [1.54, 1.807) is 6.07 Å². The molecular formula is C12H10Cl2N2O4S. The van der Waals surface area contributed by atoms with Crippen molar-refractivity contribution in [2.75, 3.05) is 0 Å². The number of pyridine rings is 1. The Morgan fingerprint density at radius 1 is 1.24 bits per heavy atom. The summed E-state index contributed by atoms with van der Waals surface area (Å²) in [5.74, 6) is -0.549. The predicted octanol–water partition coefficient (Wildman–Crippen LogP) is 2.42. The van der Waals surface area contributed by atoms with E-state index in [0.717, 1.165) is 6.20 Å². The molecule has 0 bridgehead atoms. The van der Waals surface area contributed by atoms with Crippen molar-refractivity contribution in [2.24, 2.45) is 5.73 Å². The van der Waals surface area contributed by atoms with Gasteiger partial charge in [0.2, 0.25) is 5.91 Å². The molecule has 0 atom stereocenters. The number of benzene rings is 1. The summed E-state index contributed by atoms with van der Waals surface area (Å²) in [5.41, 5.74) is 5.29. The Kier molecular flexibility index (Phi) is 6.10. The second-order valence-corrected chi connectivity index (χ2v) is 5.92. The minimum atomic E-state index is -4.07. The zero-order valence-electron chi connectivity index (χ0n) is 10.4. The molecule has 9 heteroatoms. The minimum absolute atomic E-state index is 0.185. The van der Waals surface area contributed by atoms with Gasteiger partial charge in [-0.2, -0.15) is 8.42 Å². The van der Waals surface area contributed by atoms with Crippen LogP contribution in [0.4, 0.5) is 0 Å². The van der Waals surface area contributed by atoms with Gasteiger partial charge in [0.15, 0.2) is 0 Å². The number of amides is 1. The Morgan fingerprint density at radius 3 is 2.29 bits per heavy atom. The Morgan fingerprint density at radius 2 is 1.90 bits per heavy atom. The van der Waals surface area contributed by atoms with Crippen molar-refractivity contribution in [3.63, 3.8) is 0 Å². The molecule has 21 heavy (non-hydrogen) atoms. The van der Waals surface area contributed by atoms with E-state index in [0.29, 0.717) is 5.02 Å². The summed E-state index contributed by atoms with van der Waals surface area (Å²) in [6.45, 7) is 0. The molecule has 0 fully saturated rings. The Balaban J connectivity index is 0.000000211. The fourth-order valence-electron chi connectivity index (χ4n) is 1.19. The molecule has 2 rings (SSSR count). The number of carbonyl (C=O) groups is 1. The quantitative estimate of drug-likeness (QED) is 0.809. The van der Waals surface area contributed by atoms with Gasteiger partial charge in [-0.05, 0) is 30.3 Å². The molecule has 6 nitrogen and oxygen atoms in total. The van der Waals surface area contributed by atoms with Crippen LogP contribution in [0, 0.1) is 0 Å². The molecule has 1 heterocycles. The van der Waals surface area contributed by atoms with Crippen LogP contribution in [0.2, 0.25) is 10.0 Å². The van der Waals surface area contributed by atoms with Crippen LogP contribution in [-0.2, 0) is 10.1 Å². The molecular weight excluding hydrogens is 339 g/mol. The SMILES string of the molecule is NC(=O)c1ccc(Cl)cc1Cl.O=S(=O)(O)c1cccnc1. The van der Waals surface area contributed by atoms with Crippen molar-refractivity contribution < 1.29 is 17.8 Å². The van der Waals surface area contributed by atoms with E-state index < -0.39 is 16.0 Å². The number of hydrogen-bond donors (Lipinski definition) is 2. The first-order valence-corrected chi connectivity index (χ1v) is 7.54. The third-order valence-corrected chi connectivity index (χ3v) is 3.51. The number of nitrogens with two attached hydrogens (primary N) is 1. The molecule has 0 aliphatic heterocycles. The lowest BCUT2D eigenvalue weighted by atomic mass is 10.2. The molecule has 1 aromatic carbocycles. The molecule has 0 saturated heterocycles. The third kappa shape index (κ3) is 5.68. The van der Waals surface area contributed by atoms with Crippen LogP contribution in [0.3, 0.4) is 0 Å². The number of halogens is 2. The molecule has 0 aliphatic rings. The highest BCUT2D eigenvalue weighted by atomic mass is 35.5. The Hall–Kier alpha value is -1.67. The molecule has 2 aromatic rings. The normalized spacial score (nSPS) is 10.4. The Bertz CT molecular complexity index is 736. The van der Waals surface area contributed by atoms with Crippen LogP contribution in [-0.4, -0.2) is 23.9 Å². The first-order chi connectivity index (χ1) is 9.71. The first-order valence-electron chi connectivity index (χ1n) is 5.34. The van der Waals surface area contributed by atoms with Gasteiger partial charge >= 0.3 is 0 Å². The second kappa shape index (κ2) is 7.37. The predicted molar refractivity (Wildman–Crippen MR) is 79.0 cm³/mol. The number of hydrogen-bond acceptors (Lipinski definition) is 4. The van der Waals surface area contributed by atoms with Crippen LogP contribution in [0.5, 0.6) is 0 Å². The largest absolute Gasteiger partial charge is 0.366 e. The smallest absolute Gasteiger partial charge is 0.296 e. The van der Waals surface area contributed by atoms with Crippen LogP contribution in [0.25, 0.3) is 0 Å². The van der Waals surface area contributed by atoms with Gasteiger partial charge < -0.3 is 5.73 Å². The van der Waals surface area contributed by atoms with Gasteiger partial charge in [-0.15, -0.1) is 0 Å². The van der Waals surface area contributed by atoms with E-state index in [1.165, 1.54) is 30.5 Å². The van der Waals surface area contributed by atoms with Crippen LogP contribution >= 0.6 is 23.2 Å². The molecule has 0 unspecified atom stereocenters. The van der Waals surface area contributed by atoms with Crippen LogP contribution in [0.1, 0.15) is 10.4 Å². The lowest BCUT2D eigenvalue weighted by Gasteiger charge is -1.97. The number of carbonyl (C=O) groups excluding carboxylic acids is 1. The lowest BCUT2D eigenvalue weighted by Crippen LogP contribution is -2.11. The first kappa shape index (κ1) is 17.4. The number of nitrogens with zero attached hydrogens (tertiary/aromatic N) is 1. The monoisotopic (exact) mass is 348 g/mol. The van der Waals surface area contributed by atoms with E-state index in [2.05, 4.69) is 4.98 Å². The molecule has 1 amide bonds. The summed E-state index contributed by atoms with van der Waals surface area (Å²) in [7, 11) is -4.07. The van der Waals surface area contributed by atoms with Crippen molar-refractivity contribution in [3.8, 4) is 0 Å². The number of rotatable bonds is 2. The van der Waals surface area contributed by atoms with E-state index in [9.17, 15) is 13.2 Å². The average molecular weight is 349 g/mol. The maximum atomic E-state index is 10.6. The summed E-state index contributed by atoms with van der Waals surface area (Å²) >= 11 is 11.2. The molecule has 0 saturated carbocycles. The van der Waals surface area contributed by atoms with Crippen molar-refractivity contribution in [1.82, 2.24) is 4.98 Å². The van der Waals surface area contributed by atoms with Gasteiger partial charge in [-0.1, -0.05) is 23.2 Å². The summed E-state index contributed by atoms with van der Waals surface area (Å²) < 4.78 is 29.1. The zero-order chi connectivity index (χ0) is 16.0. The summed E-state index contributed by atoms with van der Waals surface area (Å²) in [4.78, 5) is 14.0. The van der Waals surface area contributed by atoms with Gasteiger partial charge in [0.1, 0.15) is 4.90 Å². The standard InChI is InChI=1S/C7H5Cl2NO.C5H5NO3S/c8-4-1-2-5(7(10)11)6(9)3-4;7-10(8,9)5-2-1-3-6-4-5/h1-3H,(H2,10,11);1-4H,(H,7,8,9). The zero-order valence-corrected chi connectivity index (χ0v) is 12.7. The fourth-order valence-corrected chi connectivity index (χ4v) is 2.14. The maximum Gasteiger partial charge on any atom is 0.296 e. The van der Waals surface area contributed by atoms with Crippen molar-refractivity contribution >= 4 is 39.2 Å². The maximum absolute atomic E-state index is 10.6. The number of primary amides is 1. The van der Waals surface area contributed by atoms with E-state index in [-0.39, 0.29) is 15.5 Å². The average Bonchev–Trinajstić information content (AvgIpc) is 2.39. The van der Waals surface area contributed by atoms with E-state index in [1.807, 2.05) is 0 Å². The van der Waals surface area contributed by atoms with Crippen LogP contribution in [0.15, 0.2) is 47.6 Å². The van der Waals surface area contributed by atoms with Gasteiger partial charge in [-0.25, -0.2) is 0 Å². The van der Waals surface area contributed by atoms with E-state index in [4.69, 9.17) is 33.5 Å². The summed E-state index contributed by atoms with van der Waals surface area (Å²) in [5, 5.41) is 0.769. The number of aromatic nitrogens is 1. The highest BCUT2D eigenvalue weighted by Crippen LogP contribution is 2.20. The van der Waals surface area contributed by atoms with Gasteiger partial charge in [0, 0.05) is 17.4 Å². The second-order valence-electron chi connectivity index (χ2n) is 3.65. The molecule has 0 radical (unpaired) electrons. The summed E-state index contributed by atoms with van der Waals surface area (Å²) in [6, 6.07) is 7.23. The van der Waals surface area contributed by atoms with Crippen molar-refractivity contribution in [2.45, 2.75) is 4.90 Å². The molecule has 0 spiro atoms. The molecule has 3 N–H and O–H groups in total. The molecule has 0 aliphatic carbocycles. The lowest BCUT2D eigenvalue weighted by molar-refractivity contribution is 0.100. The third-order valence-electron chi connectivity index (χ3n) is 2.13. The van der Waals surface area contributed by atoms with Gasteiger partial charge in [0.25, 0.3) is 10.1 Å². The highest BCUT2D eigenvalue weighted by Gasteiger charge is 2.07. The molecule has 1 aromatic heterocycles. The highest BCUT2D eigenvalue weighted by molar-refractivity contribution is 7.85. The van der Waals surface area contributed by atoms with Crippen LogP contribution < -0.4 is 5.73 Å².